The van der Waals surface area contributed by atoms with Crippen LogP contribution in [0.5, 0.6) is 0 Å². The van der Waals surface area contributed by atoms with Crippen molar-refractivity contribution in [2.45, 2.75) is 0 Å². The second-order valence-electron chi connectivity index (χ2n) is 2.98. The highest BCUT2D eigenvalue weighted by Gasteiger charge is 2.11. The molecule has 0 saturated carbocycles. The van der Waals surface area contributed by atoms with Gasteiger partial charge in [-0.2, -0.15) is 0 Å². The first-order valence-electron chi connectivity index (χ1n) is 4.48. The van der Waals surface area contributed by atoms with Crippen LogP contribution in [0.15, 0.2) is 22.7 Å². The van der Waals surface area contributed by atoms with E-state index in [2.05, 4.69) is 26.6 Å². The lowest BCUT2D eigenvalue weighted by atomic mass is 10.2. The summed E-state index contributed by atoms with van der Waals surface area (Å²) in [6.07, 6.45) is 0. The van der Waals surface area contributed by atoms with Crippen LogP contribution in [0.3, 0.4) is 0 Å². The van der Waals surface area contributed by atoms with E-state index in [9.17, 15) is 14.0 Å². The number of amides is 2. The normalized spacial score (nSPS) is 9.69. The van der Waals surface area contributed by atoms with E-state index in [4.69, 9.17) is 0 Å². The van der Waals surface area contributed by atoms with Crippen LogP contribution in [0.2, 0.25) is 0 Å². The molecule has 0 aliphatic carbocycles. The molecular formula is C10H10BrFN2O2. The van der Waals surface area contributed by atoms with Gasteiger partial charge in [-0.05, 0) is 34.1 Å². The molecular weight excluding hydrogens is 279 g/mol. The number of hydrogen-bond acceptors (Lipinski definition) is 2. The number of hydrogen-bond donors (Lipinski definition) is 2. The van der Waals surface area contributed by atoms with E-state index < -0.39 is 11.7 Å². The maximum atomic E-state index is 12.9. The molecule has 1 aromatic carbocycles. The molecule has 6 heteroatoms. The standard InChI is InChI=1S/C10H10BrFN2O2/c1-13-9(15)5-14-10(16)7-4-6(12)2-3-8(7)11/h2-4H,5H2,1H3,(H,13,15)(H,14,16). The highest BCUT2D eigenvalue weighted by molar-refractivity contribution is 9.10. The minimum atomic E-state index is -0.506. The molecule has 0 unspecified atom stereocenters. The molecule has 2 N–H and O–H groups in total. The van der Waals surface area contributed by atoms with E-state index in [1.807, 2.05) is 0 Å². The summed E-state index contributed by atoms with van der Waals surface area (Å²) in [5.74, 6) is -1.33. The number of likely N-dealkylation sites (N-methyl/N-ethyl adjacent to an activating group) is 1. The van der Waals surface area contributed by atoms with Crippen molar-refractivity contribution in [2.75, 3.05) is 13.6 Å². The monoisotopic (exact) mass is 288 g/mol. The van der Waals surface area contributed by atoms with Crippen molar-refractivity contribution in [3.8, 4) is 0 Å². The summed E-state index contributed by atoms with van der Waals surface area (Å²) in [5.41, 5.74) is 0.156. The summed E-state index contributed by atoms with van der Waals surface area (Å²) in [4.78, 5) is 22.4. The molecule has 0 atom stereocenters. The molecule has 0 bridgehead atoms. The highest BCUT2D eigenvalue weighted by Crippen LogP contribution is 2.17. The Morgan fingerprint density at radius 3 is 2.75 bits per heavy atom. The number of nitrogens with one attached hydrogen (secondary N) is 2. The highest BCUT2D eigenvalue weighted by atomic mass is 79.9. The van der Waals surface area contributed by atoms with E-state index in [0.717, 1.165) is 6.07 Å². The van der Waals surface area contributed by atoms with Gasteiger partial charge in [-0.15, -0.1) is 0 Å². The van der Waals surface area contributed by atoms with Crippen LogP contribution < -0.4 is 10.6 Å². The second-order valence-corrected chi connectivity index (χ2v) is 3.83. The second kappa shape index (κ2) is 5.60. The Kier molecular flexibility index (Phi) is 4.42. The third-order valence-corrected chi connectivity index (χ3v) is 2.55. The van der Waals surface area contributed by atoms with Gasteiger partial charge in [0.05, 0.1) is 12.1 Å². The van der Waals surface area contributed by atoms with Gasteiger partial charge in [-0.1, -0.05) is 0 Å². The molecule has 2 amide bonds. The maximum Gasteiger partial charge on any atom is 0.252 e. The van der Waals surface area contributed by atoms with Crippen molar-refractivity contribution in [1.29, 1.82) is 0 Å². The van der Waals surface area contributed by atoms with E-state index >= 15 is 0 Å². The molecule has 1 aromatic rings. The predicted octanol–water partition coefficient (Wildman–Crippen LogP) is 1.06. The van der Waals surface area contributed by atoms with E-state index in [1.54, 1.807) is 0 Å². The first kappa shape index (κ1) is 12.6. The maximum absolute atomic E-state index is 12.9. The lowest BCUT2D eigenvalue weighted by molar-refractivity contribution is -0.119. The molecule has 86 valence electrons. The zero-order valence-corrected chi connectivity index (χ0v) is 10.1. The molecule has 0 aromatic heterocycles. The average Bonchev–Trinajstić information content (AvgIpc) is 2.28. The number of carbonyl (C=O) groups excluding carboxylic acids is 2. The summed E-state index contributed by atoms with van der Waals surface area (Å²) in [7, 11) is 1.46. The number of benzene rings is 1. The predicted molar refractivity (Wildman–Crippen MR) is 60.5 cm³/mol. The summed E-state index contributed by atoms with van der Waals surface area (Å²) < 4.78 is 13.4. The summed E-state index contributed by atoms with van der Waals surface area (Å²) in [6, 6.07) is 3.77. The van der Waals surface area contributed by atoms with Gasteiger partial charge >= 0.3 is 0 Å². The Balaban J connectivity index is 2.73. The number of rotatable bonds is 3. The fraction of sp³-hybridized carbons (Fsp3) is 0.200. The van der Waals surface area contributed by atoms with Crippen LogP contribution in [-0.4, -0.2) is 25.4 Å². The van der Waals surface area contributed by atoms with Crippen molar-refractivity contribution in [3.63, 3.8) is 0 Å². The van der Waals surface area contributed by atoms with Gasteiger partial charge in [-0.25, -0.2) is 4.39 Å². The third kappa shape index (κ3) is 3.30. The van der Waals surface area contributed by atoms with Gasteiger partial charge in [-0.3, -0.25) is 9.59 Å². The summed E-state index contributed by atoms with van der Waals surface area (Å²) >= 11 is 3.13. The van der Waals surface area contributed by atoms with Crippen LogP contribution in [0.1, 0.15) is 10.4 Å². The Labute approximate surface area is 100 Å². The largest absolute Gasteiger partial charge is 0.358 e. The lowest BCUT2D eigenvalue weighted by Gasteiger charge is -2.06. The minimum Gasteiger partial charge on any atom is -0.358 e. The molecule has 0 saturated heterocycles. The van der Waals surface area contributed by atoms with E-state index in [0.29, 0.717) is 4.47 Å². The Hall–Kier alpha value is -1.43. The van der Waals surface area contributed by atoms with Crippen LogP contribution in [0, 0.1) is 5.82 Å². The summed E-state index contributed by atoms with van der Waals surface area (Å²) in [5, 5.41) is 4.73. The quantitative estimate of drug-likeness (QED) is 0.874. The van der Waals surface area contributed by atoms with E-state index in [1.165, 1.54) is 19.2 Å². The first-order valence-corrected chi connectivity index (χ1v) is 5.27. The topological polar surface area (TPSA) is 58.2 Å². The zero-order chi connectivity index (χ0) is 12.1. The van der Waals surface area contributed by atoms with Gasteiger partial charge in [0.1, 0.15) is 5.82 Å². The van der Waals surface area contributed by atoms with Crippen LogP contribution in [0.4, 0.5) is 4.39 Å². The zero-order valence-electron chi connectivity index (χ0n) is 8.51. The average molecular weight is 289 g/mol. The third-order valence-electron chi connectivity index (χ3n) is 1.86. The Bertz CT molecular complexity index is 423. The van der Waals surface area contributed by atoms with Gasteiger partial charge in [0.2, 0.25) is 5.91 Å². The van der Waals surface area contributed by atoms with Crippen molar-refractivity contribution >= 4 is 27.7 Å². The fourth-order valence-electron chi connectivity index (χ4n) is 1.02. The first-order chi connectivity index (χ1) is 7.54. The number of halogens is 2. The van der Waals surface area contributed by atoms with Gasteiger partial charge < -0.3 is 10.6 Å². The SMILES string of the molecule is CNC(=O)CNC(=O)c1cc(F)ccc1Br. The smallest absolute Gasteiger partial charge is 0.252 e. The molecule has 0 aliphatic heterocycles. The van der Waals surface area contributed by atoms with E-state index in [-0.39, 0.29) is 18.0 Å². The fourth-order valence-corrected chi connectivity index (χ4v) is 1.44. The number of carbonyl (C=O) groups is 2. The molecule has 16 heavy (non-hydrogen) atoms. The van der Waals surface area contributed by atoms with Crippen LogP contribution in [-0.2, 0) is 4.79 Å². The lowest BCUT2D eigenvalue weighted by Crippen LogP contribution is -2.35. The summed E-state index contributed by atoms with van der Waals surface area (Å²) in [6.45, 7) is -0.141. The molecule has 0 aliphatic rings. The van der Waals surface area contributed by atoms with Crippen LogP contribution >= 0.6 is 15.9 Å². The molecule has 4 nitrogen and oxygen atoms in total. The Morgan fingerprint density at radius 2 is 2.12 bits per heavy atom. The Morgan fingerprint density at radius 1 is 1.44 bits per heavy atom. The van der Waals surface area contributed by atoms with Crippen molar-refractivity contribution in [1.82, 2.24) is 10.6 Å². The molecule has 0 radical (unpaired) electrons. The van der Waals surface area contributed by atoms with Crippen molar-refractivity contribution < 1.29 is 14.0 Å². The van der Waals surface area contributed by atoms with Crippen molar-refractivity contribution in [2.24, 2.45) is 0 Å². The molecule has 1 rings (SSSR count). The van der Waals surface area contributed by atoms with Gasteiger partial charge in [0.25, 0.3) is 5.91 Å². The van der Waals surface area contributed by atoms with Crippen LogP contribution in [0.25, 0.3) is 0 Å². The van der Waals surface area contributed by atoms with Gasteiger partial charge in [0.15, 0.2) is 0 Å². The van der Waals surface area contributed by atoms with Crippen molar-refractivity contribution in [3.05, 3.63) is 34.1 Å². The molecule has 0 spiro atoms. The van der Waals surface area contributed by atoms with Gasteiger partial charge in [0, 0.05) is 11.5 Å². The molecule has 0 fully saturated rings. The minimum absolute atomic E-state index is 0.141. The molecule has 0 heterocycles.